The van der Waals surface area contributed by atoms with Gasteiger partial charge < -0.3 is 15.1 Å². The van der Waals surface area contributed by atoms with Crippen LogP contribution in [-0.2, 0) is 11.2 Å². The van der Waals surface area contributed by atoms with E-state index in [9.17, 15) is 9.59 Å². The topological polar surface area (TPSA) is 68.8 Å². The molecule has 0 atom stereocenters. The zero-order chi connectivity index (χ0) is 16.2. The number of carbonyl (C=O) groups excluding carboxylic acids is 2. The molecule has 126 valence electrons. The van der Waals surface area contributed by atoms with Gasteiger partial charge in [0, 0.05) is 44.6 Å². The largest absolute Gasteiger partial charge is 0.340 e. The number of nitrogens with zero attached hydrogens (tertiary/aromatic N) is 4. The Morgan fingerprint density at radius 2 is 2.09 bits per heavy atom. The average Bonchev–Trinajstić information content (AvgIpc) is 3.03. The maximum absolute atomic E-state index is 12.4. The first-order valence-corrected chi connectivity index (χ1v) is 9.05. The maximum Gasteiger partial charge on any atom is 0.323 e. The molecule has 1 N–H and O–H groups in total. The molecule has 0 radical (unpaired) electrons. The minimum absolute atomic E-state index is 0.0980. The van der Waals surface area contributed by atoms with Crippen LogP contribution in [0, 0.1) is 0 Å². The molecule has 3 heterocycles. The Morgan fingerprint density at radius 1 is 1.30 bits per heavy atom. The number of anilines is 1. The van der Waals surface area contributed by atoms with Gasteiger partial charge in [-0.1, -0.05) is 6.92 Å². The number of thiazole rings is 1. The molecule has 2 saturated heterocycles. The van der Waals surface area contributed by atoms with Gasteiger partial charge in [-0.05, 0) is 13.0 Å². The Bertz CT molecular complexity index is 568. The van der Waals surface area contributed by atoms with Crippen molar-refractivity contribution in [2.45, 2.75) is 19.8 Å². The van der Waals surface area contributed by atoms with Gasteiger partial charge in [-0.25, -0.2) is 9.78 Å². The van der Waals surface area contributed by atoms with Crippen LogP contribution >= 0.6 is 11.3 Å². The van der Waals surface area contributed by atoms with Crippen molar-refractivity contribution in [2.75, 3.05) is 50.7 Å². The third kappa shape index (κ3) is 3.81. The quantitative estimate of drug-likeness (QED) is 0.881. The highest BCUT2D eigenvalue weighted by atomic mass is 32.1. The first-order chi connectivity index (χ1) is 11.2. The number of rotatable bonds is 4. The highest BCUT2D eigenvalue weighted by Gasteiger charge is 2.24. The smallest absolute Gasteiger partial charge is 0.323 e. The Morgan fingerprint density at radius 3 is 2.78 bits per heavy atom. The normalized spacial score (nSPS) is 19.8. The fraction of sp³-hybridized carbons (Fsp3) is 0.667. The molecule has 3 rings (SSSR count). The van der Waals surface area contributed by atoms with Gasteiger partial charge >= 0.3 is 6.03 Å². The van der Waals surface area contributed by atoms with E-state index in [1.54, 1.807) is 4.90 Å². The van der Waals surface area contributed by atoms with Gasteiger partial charge in [-0.2, -0.15) is 0 Å². The van der Waals surface area contributed by atoms with Gasteiger partial charge in [0.1, 0.15) is 0 Å². The van der Waals surface area contributed by atoms with Crippen LogP contribution in [0.4, 0.5) is 9.93 Å². The first-order valence-electron chi connectivity index (χ1n) is 8.17. The number of carbonyl (C=O) groups is 2. The van der Waals surface area contributed by atoms with E-state index in [0.29, 0.717) is 18.1 Å². The van der Waals surface area contributed by atoms with Crippen molar-refractivity contribution >= 4 is 28.4 Å². The van der Waals surface area contributed by atoms with Crippen molar-refractivity contribution in [3.05, 3.63) is 11.1 Å². The molecule has 0 aromatic carbocycles. The number of hydrogen-bond donors (Lipinski definition) is 1. The number of aromatic nitrogens is 1. The van der Waals surface area contributed by atoms with Crippen LogP contribution in [0.1, 0.15) is 19.0 Å². The molecule has 0 unspecified atom stereocenters. The van der Waals surface area contributed by atoms with Crippen LogP contribution < -0.4 is 10.2 Å². The second-order valence-corrected chi connectivity index (χ2v) is 6.69. The maximum atomic E-state index is 12.4. The van der Waals surface area contributed by atoms with Crippen molar-refractivity contribution < 1.29 is 9.59 Å². The van der Waals surface area contributed by atoms with Crippen molar-refractivity contribution in [1.82, 2.24) is 20.1 Å². The van der Waals surface area contributed by atoms with Crippen LogP contribution in [0.2, 0.25) is 0 Å². The summed E-state index contributed by atoms with van der Waals surface area (Å²) in [5.41, 5.74) is 0.756. The summed E-state index contributed by atoms with van der Waals surface area (Å²) in [7, 11) is 0. The number of hydrogen-bond acceptors (Lipinski definition) is 5. The lowest BCUT2D eigenvalue weighted by Gasteiger charge is -2.34. The molecule has 2 aliphatic heterocycles. The molecule has 1 aromatic rings. The number of urea groups is 1. The molecule has 0 spiro atoms. The molecule has 0 saturated carbocycles. The molecule has 2 fully saturated rings. The van der Waals surface area contributed by atoms with Crippen LogP contribution in [-0.4, -0.2) is 72.5 Å². The van der Waals surface area contributed by atoms with Crippen LogP contribution in [0.25, 0.3) is 0 Å². The molecule has 0 bridgehead atoms. The number of likely N-dealkylation sites (N-methyl/N-ethyl adjacent to an activating group) is 1. The highest BCUT2D eigenvalue weighted by Crippen LogP contribution is 2.22. The third-order valence-corrected chi connectivity index (χ3v) is 5.27. The fourth-order valence-corrected chi connectivity index (χ4v) is 3.74. The predicted molar refractivity (Wildman–Crippen MR) is 89.9 cm³/mol. The number of amides is 3. The van der Waals surface area contributed by atoms with Crippen LogP contribution in [0.15, 0.2) is 5.38 Å². The molecule has 8 heteroatoms. The van der Waals surface area contributed by atoms with E-state index in [0.717, 1.165) is 51.4 Å². The van der Waals surface area contributed by atoms with E-state index in [2.05, 4.69) is 22.1 Å². The molecule has 2 aliphatic rings. The first kappa shape index (κ1) is 16.2. The average molecular weight is 337 g/mol. The lowest BCUT2D eigenvalue weighted by molar-refractivity contribution is -0.132. The zero-order valence-corrected chi connectivity index (χ0v) is 14.3. The van der Waals surface area contributed by atoms with E-state index in [-0.39, 0.29) is 11.9 Å². The lowest BCUT2D eigenvalue weighted by atomic mass is 10.2. The molecule has 1 aromatic heterocycles. The summed E-state index contributed by atoms with van der Waals surface area (Å²) < 4.78 is 0. The van der Waals surface area contributed by atoms with E-state index in [1.807, 2.05) is 10.3 Å². The SMILES string of the molecule is CCN1CCN(C(=O)Cc2csc(N3CCCNC3=O)n2)CC1. The summed E-state index contributed by atoms with van der Waals surface area (Å²) >= 11 is 1.43. The summed E-state index contributed by atoms with van der Waals surface area (Å²) in [6, 6.07) is -0.0980. The second-order valence-electron chi connectivity index (χ2n) is 5.85. The van der Waals surface area contributed by atoms with Crippen molar-refractivity contribution in [2.24, 2.45) is 0 Å². The lowest BCUT2D eigenvalue weighted by Crippen LogP contribution is -2.49. The highest BCUT2D eigenvalue weighted by molar-refractivity contribution is 7.14. The molecule has 23 heavy (non-hydrogen) atoms. The second kappa shape index (κ2) is 7.27. The Hall–Kier alpha value is -1.67. The Kier molecular flexibility index (Phi) is 5.12. The molecular weight excluding hydrogens is 314 g/mol. The van der Waals surface area contributed by atoms with Gasteiger partial charge in [-0.3, -0.25) is 9.69 Å². The van der Waals surface area contributed by atoms with Gasteiger partial charge in [0.25, 0.3) is 0 Å². The summed E-state index contributed by atoms with van der Waals surface area (Å²) in [5.74, 6) is 0.126. The van der Waals surface area contributed by atoms with Gasteiger partial charge in [0.05, 0.1) is 12.1 Å². The summed E-state index contributed by atoms with van der Waals surface area (Å²) in [5, 5.41) is 5.38. The van der Waals surface area contributed by atoms with E-state index in [4.69, 9.17) is 0 Å². The van der Waals surface area contributed by atoms with Crippen molar-refractivity contribution in [3.8, 4) is 0 Å². The van der Waals surface area contributed by atoms with Gasteiger partial charge in [-0.15, -0.1) is 11.3 Å². The van der Waals surface area contributed by atoms with Crippen LogP contribution in [0.5, 0.6) is 0 Å². The Balaban J connectivity index is 1.56. The standard InChI is InChI=1S/C15H23N5O2S/c1-2-18-6-8-19(9-7-18)13(21)10-12-11-23-15(17-12)20-5-3-4-16-14(20)22/h11H,2-10H2,1H3,(H,16,22). The molecule has 3 amide bonds. The summed E-state index contributed by atoms with van der Waals surface area (Å²) in [6.45, 7) is 8.05. The van der Waals surface area contributed by atoms with E-state index < -0.39 is 0 Å². The molecule has 7 nitrogen and oxygen atoms in total. The summed E-state index contributed by atoms with van der Waals surface area (Å²) in [4.78, 5) is 34.6. The minimum atomic E-state index is -0.0980. The molecular formula is C15H23N5O2S. The van der Waals surface area contributed by atoms with Crippen molar-refractivity contribution in [3.63, 3.8) is 0 Å². The predicted octanol–water partition coefficient (Wildman–Crippen LogP) is 0.769. The zero-order valence-electron chi connectivity index (χ0n) is 13.5. The Labute approximate surface area is 140 Å². The number of nitrogens with one attached hydrogen (secondary N) is 1. The fourth-order valence-electron chi connectivity index (χ4n) is 2.89. The van der Waals surface area contributed by atoms with E-state index >= 15 is 0 Å². The van der Waals surface area contributed by atoms with Crippen LogP contribution in [0.3, 0.4) is 0 Å². The third-order valence-electron chi connectivity index (χ3n) is 4.35. The van der Waals surface area contributed by atoms with E-state index in [1.165, 1.54) is 11.3 Å². The van der Waals surface area contributed by atoms with Gasteiger partial charge in [0.15, 0.2) is 5.13 Å². The molecule has 0 aliphatic carbocycles. The van der Waals surface area contributed by atoms with Crippen molar-refractivity contribution in [1.29, 1.82) is 0 Å². The number of piperazine rings is 1. The monoisotopic (exact) mass is 337 g/mol. The van der Waals surface area contributed by atoms with Gasteiger partial charge in [0.2, 0.25) is 5.91 Å². The summed E-state index contributed by atoms with van der Waals surface area (Å²) in [6.07, 6.45) is 1.24. The minimum Gasteiger partial charge on any atom is -0.340 e.